The first-order valence-electron chi connectivity index (χ1n) is 12.6. The number of amides is 1. The molecule has 9 heteroatoms. The SMILES string of the molecule is O=C(N[C@@H](Cc1ccccc1)C(=O)O)c1ccc(Cn2ccc3cc(NS(=O)(=O)c4ccccc4)ccc32)cc1. The monoisotopic (exact) mass is 553 g/mol. The summed E-state index contributed by atoms with van der Waals surface area (Å²) in [6.07, 6.45) is 2.11. The van der Waals surface area contributed by atoms with Crippen LogP contribution in [-0.4, -0.2) is 36.0 Å². The number of carboxylic acid groups (broad SMARTS) is 1. The van der Waals surface area contributed by atoms with E-state index in [1.807, 2.05) is 65.4 Å². The van der Waals surface area contributed by atoms with Crippen molar-refractivity contribution in [1.29, 1.82) is 0 Å². The third-order valence-electron chi connectivity index (χ3n) is 6.53. The Labute approximate surface area is 232 Å². The minimum absolute atomic E-state index is 0.191. The van der Waals surface area contributed by atoms with E-state index in [9.17, 15) is 23.1 Å². The zero-order valence-electron chi connectivity index (χ0n) is 21.4. The molecule has 1 heterocycles. The quantitative estimate of drug-likeness (QED) is 0.227. The fourth-order valence-corrected chi connectivity index (χ4v) is 5.54. The molecule has 0 spiro atoms. The lowest BCUT2D eigenvalue weighted by Gasteiger charge is -2.15. The van der Waals surface area contributed by atoms with Crippen LogP contribution in [-0.2, 0) is 27.8 Å². The Balaban J connectivity index is 1.25. The lowest BCUT2D eigenvalue weighted by atomic mass is 10.1. The van der Waals surface area contributed by atoms with Crippen LogP contribution < -0.4 is 10.0 Å². The van der Waals surface area contributed by atoms with Gasteiger partial charge in [-0.1, -0.05) is 60.7 Å². The third kappa shape index (κ3) is 6.22. The standard InChI is InChI=1S/C31H27N3O5S/c35-30(32-28(31(36)37)19-22-7-3-1-4-8-22)24-13-11-23(12-14-24)21-34-18-17-25-20-26(15-16-29(25)34)33-40(38,39)27-9-5-2-6-10-27/h1-18,20,28,33H,19,21H2,(H,32,35)(H,36,37)/t28-/m0/s1. The van der Waals surface area contributed by atoms with Gasteiger partial charge in [-0.15, -0.1) is 0 Å². The molecule has 0 fully saturated rings. The fourth-order valence-electron chi connectivity index (χ4n) is 4.46. The van der Waals surface area contributed by atoms with Crippen LogP contribution in [0.15, 0.2) is 120 Å². The minimum atomic E-state index is -3.69. The van der Waals surface area contributed by atoms with Crippen molar-refractivity contribution in [2.75, 3.05) is 4.72 Å². The number of carbonyl (C=O) groups excluding carboxylic acids is 1. The normalized spacial score (nSPS) is 12.1. The molecule has 0 aliphatic heterocycles. The number of hydrogen-bond donors (Lipinski definition) is 3. The molecule has 5 rings (SSSR count). The number of carbonyl (C=O) groups is 2. The summed E-state index contributed by atoms with van der Waals surface area (Å²) < 4.78 is 30.0. The zero-order valence-corrected chi connectivity index (χ0v) is 22.2. The molecular formula is C31H27N3O5S. The van der Waals surface area contributed by atoms with E-state index in [2.05, 4.69) is 10.0 Å². The highest BCUT2D eigenvalue weighted by Gasteiger charge is 2.21. The van der Waals surface area contributed by atoms with Gasteiger partial charge in [-0.25, -0.2) is 13.2 Å². The maximum absolute atomic E-state index is 12.7. The average Bonchev–Trinajstić information content (AvgIpc) is 3.35. The summed E-state index contributed by atoms with van der Waals surface area (Å²) in [5.41, 5.74) is 3.54. The first-order chi connectivity index (χ1) is 19.3. The molecule has 202 valence electrons. The van der Waals surface area contributed by atoms with Gasteiger partial charge in [-0.3, -0.25) is 9.52 Å². The average molecular weight is 554 g/mol. The molecule has 1 atom stereocenters. The first-order valence-corrected chi connectivity index (χ1v) is 14.1. The van der Waals surface area contributed by atoms with Crippen molar-refractivity contribution in [2.24, 2.45) is 0 Å². The molecule has 40 heavy (non-hydrogen) atoms. The van der Waals surface area contributed by atoms with Crippen LogP contribution in [0, 0.1) is 0 Å². The maximum atomic E-state index is 12.7. The Morgan fingerprint density at radius 3 is 2.15 bits per heavy atom. The maximum Gasteiger partial charge on any atom is 0.326 e. The van der Waals surface area contributed by atoms with E-state index in [-0.39, 0.29) is 11.3 Å². The Morgan fingerprint density at radius 2 is 1.48 bits per heavy atom. The van der Waals surface area contributed by atoms with Crippen LogP contribution in [0.4, 0.5) is 5.69 Å². The number of nitrogens with zero attached hydrogens (tertiary/aromatic N) is 1. The molecule has 0 aliphatic carbocycles. The van der Waals surface area contributed by atoms with Gasteiger partial charge in [0.25, 0.3) is 15.9 Å². The number of carboxylic acids is 1. The zero-order chi connectivity index (χ0) is 28.1. The summed E-state index contributed by atoms with van der Waals surface area (Å²) in [6.45, 7) is 0.534. The van der Waals surface area contributed by atoms with Gasteiger partial charge in [0.15, 0.2) is 0 Å². The van der Waals surface area contributed by atoms with Crippen LogP contribution in [0.5, 0.6) is 0 Å². The lowest BCUT2D eigenvalue weighted by molar-refractivity contribution is -0.139. The van der Waals surface area contributed by atoms with E-state index in [1.165, 1.54) is 0 Å². The number of aromatic nitrogens is 1. The first kappa shape index (κ1) is 26.7. The minimum Gasteiger partial charge on any atom is -0.480 e. The second-order valence-corrected chi connectivity index (χ2v) is 11.1. The summed E-state index contributed by atoms with van der Waals surface area (Å²) in [7, 11) is -3.69. The lowest BCUT2D eigenvalue weighted by Crippen LogP contribution is -2.42. The Kier molecular flexibility index (Phi) is 7.65. The van der Waals surface area contributed by atoms with Gasteiger partial charge in [-0.05, 0) is 59.7 Å². The van der Waals surface area contributed by atoms with Crippen molar-refractivity contribution in [1.82, 2.24) is 9.88 Å². The molecule has 1 aromatic heterocycles. The highest BCUT2D eigenvalue weighted by Crippen LogP contribution is 2.24. The number of hydrogen-bond acceptors (Lipinski definition) is 4. The predicted molar refractivity (Wildman–Crippen MR) is 154 cm³/mol. The molecule has 3 N–H and O–H groups in total. The topological polar surface area (TPSA) is 118 Å². The number of nitrogens with one attached hydrogen (secondary N) is 2. The largest absolute Gasteiger partial charge is 0.480 e. The summed E-state index contributed by atoms with van der Waals surface area (Å²) in [6, 6.07) is 30.6. The summed E-state index contributed by atoms with van der Waals surface area (Å²) >= 11 is 0. The van der Waals surface area contributed by atoms with Gasteiger partial charge in [0.2, 0.25) is 0 Å². The molecule has 0 unspecified atom stereocenters. The van der Waals surface area contributed by atoms with E-state index in [0.29, 0.717) is 17.8 Å². The van der Waals surface area contributed by atoms with Gasteiger partial charge >= 0.3 is 5.97 Å². The van der Waals surface area contributed by atoms with Gasteiger partial charge in [0.1, 0.15) is 6.04 Å². The van der Waals surface area contributed by atoms with Gasteiger partial charge in [-0.2, -0.15) is 0 Å². The third-order valence-corrected chi connectivity index (χ3v) is 7.93. The number of rotatable bonds is 10. The smallest absolute Gasteiger partial charge is 0.326 e. The number of fused-ring (bicyclic) bond motifs is 1. The van der Waals surface area contributed by atoms with Crippen LogP contribution in [0.3, 0.4) is 0 Å². The molecule has 0 bridgehead atoms. The predicted octanol–water partition coefficient (Wildman–Crippen LogP) is 4.92. The van der Waals surface area contributed by atoms with Gasteiger partial charge in [0.05, 0.1) is 4.90 Å². The van der Waals surface area contributed by atoms with Crippen LogP contribution in [0.1, 0.15) is 21.5 Å². The molecular weight excluding hydrogens is 526 g/mol. The molecule has 0 aliphatic rings. The molecule has 0 saturated heterocycles. The summed E-state index contributed by atoms with van der Waals surface area (Å²) in [5.74, 6) is -1.55. The fraction of sp³-hybridized carbons (Fsp3) is 0.0968. The number of benzene rings is 4. The van der Waals surface area contributed by atoms with E-state index in [0.717, 1.165) is 22.0 Å². The van der Waals surface area contributed by atoms with E-state index < -0.39 is 27.9 Å². The van der Waals surface area contributed by atoms with Crippen molar-refractivity contribution in [2.45, 2.75) is 23.9 Å². The molecule has 1 amide bonds. The number of anilines is 1. The van der Waals surface area contributed by atoms with Gasteiger partial charge in [0, 0.05) is 41.3 Å². The number of aliphatic carboxylic acids is 1. The highest BCUT2D eigenvalue weighted by atomic mass is 32.2. The summed E-state index contributed by atoms with van der Waals surface area (Å²) in [5, 5.41) is 13.1. The van der Waals surface area contributed by atoms with E-state index in [1.54, 1.807) is 54.6 Å². The van der Waals surface area contributed by atoms with Crippen molar-refractivity contribution in [3.05, 3.63) is 132 Å². The van der Waals surface area contributed by atoms with Gasteiger partial charge < -0.3 is 15.0 Å². The second-order valence-electron chi connectivity index (χ2n) is 9.39. The molecule has 8 nitrogen and oxygen atoms in total. The number of sulfonamides is 1. The van der Waals surface area contributed by atoms with E-state index >= 15 is 0 Å². The van der Waals surface area contributed by atoms with Crippen molar-refractivity contribution >= 4 is 38.5 Å². The molecule has 0 radical (unpaired) electrons. The van der Waals surface area contributed by atoms with Crippen LogP contribution >= 0.6 is 0 Å². The van der Waals surface area contributed by atoms with Crippen molar-refractivity contribution in [3.8, 4) is 0 Å². The molecule has 4 aromatic carbocycles. The van der Waals surface area contributed by atoms with Crippen LogP contribution in [0.2, 0.25) is 0 Å². The Hall–Kier alpha value is -4.89. The Morgan fingerprint density at radius 1 is 0.800 bits per heavy atom. The van der Waals surface area contributed by atoms with Crippen LogP contribution in [0.25, 0.3) is 10.9 Å². The highest BCUT2D eigenvalue weighted by molar-refractivity contribution is 7.92. The Bertz CT molecular complexity index is 1750. The second kappa shape index (κ2) is 11.5. The van der Waals surface area contributed by atoms with Crippen molar-refractivity contribution < 1.29 is 23.1 Å². The van der Waals surface area contributed by atoms with E-state index in [4.69, 9.17) is 0 Å². The molecule has 5 aromatic rings. The summed E-state index contributed by atoms with van der Waals surface area (Å²) in [4.78, 5) is 24.7. The molecule has 0 saturated carbocycles. The van der Waals surface area contributed by atoms with Crippen molar-refractivity contribution in [3.63, 3.8) is 0 Å².